The van der Waals surface area contributed by atoms with Crippen molar-refractivity contribution in [3.63, 3.8) is 0 Å². The van der Waals surface area contributed by atoms with Crippen molar-refractivity contribution in [3.8, 4) is 0 Å². The molecule has 0 aromatic carbocycles. The third-order valence-corrected chi connectivity index (χ3v) is 4.16. The molecule has 0 bridgehead atoms. The van der Waals surface area contributed by atoms with Crippen molar-refractivity contribution < 1.29 is 4.79 Å². The smallest absolute Gasteiger partial charge is 0.242 e. The lowest BCUT2D eigenvalue weighted by atomic mass is 9.96. The Morgan fingerprint density at radius 2 is 1.93 bits per heavy atom. The summed E-state index contributed by atoms with van der Waals surface area (Å²) < 4.78 is 0. The predicted molar refractivity (Wildman–Crippen MR) is 60.3 cm³/mol. The van der Waals surface area contributed by atoms with Crippen LogP contribution in [0.1, 0.15) is 45.4 Å². The Labute approximate surface area is 92.0 Å². The Kier molecular flexibility index (Phi) is 2.75. The first-order valence-electron chi connectivity index (χ1n) is 6.11. The Bertz CT molecular complexity index is 254. The van der Waals surface area contributed by atoms with Crippen LogP contribution in [0.3, 0.4) is 0 Å². The maximum atomic E-state index is 12.2. The first-order chi connectivity index (χ1) is 7.04. The Morgan fingerprint density at radius 3 is 2.40 bits per heavy atom. The van der Waals surface area contributed by atoms with Crippen molar-refractivity contribution in [1.82, 2.24) is 4.90 Å². The number of hydrogen-bond donors (Lipinski definition) is 1. The zero-order chi connectivity index (χ0) is 11.1. The summed E-state index contributed by atoms with van der Waals surface area (Å²) in [5, 5.41) is 0. The molecule has 86 valence electrons. The van der Waals surface area contributed by atoms with E-state index in [9.17, 15) is 4.79 Å². The molecule has 2 aliphatic rings. The Morgan fingerprint density at radius 1 is 1.40 bits per heavy atom. The van der Waals surface area contributed by atoms with Gasteiger partial charge in [0.15, 0.2) is 0 Å². The fourth-order valence-electron chi connectivity index (χ4n) is 2.65. The summed E-state index contributed by atoms with van der Waals surface area (Å²) in [7, 11) is 1.91. The fourth-order valence-corrected chi connectivity index (χ4v) is 2.65. The zero-order valence-electron chi connectivity index (χ0n) is 9.83. The summed E-state index contributed by atoms with van der Waals surface area (Å²) in [5.74, 6) is 0.892. The summed E-state index contributed by atoms with van der Waals surface area (Å²) in [6, 6.07) is 0.374. The monoisotopic (exact) mass is 210 g/mol. The fraction of sp³-hybridized carbons (Fsp3) is 0.917. The highest BCUT2D eigenvalue weighted by atomic mass is 16.2. The summed E-state index contributed by atoms with van der Waals surface area (Å²) in [4.78, 5) is 14.1. The van der Waals surface area contributed by atoms with Gasteiger partial charge in [-0.1, -0.05) is 12.8 Å². The molecule has 3 heteroatoms. The summed E-state index contributed by atoms with van der Waals surface area (Å²) in [6.07, 6.45) is 6.50. The average molecular weight is 210 g/mol. The molecule has 2 rings (SSSR count). The van der Waals surface area contributed by atoms with Crippen LogP contribution in [0.25, 0.3) is 0 Å². The molecule has 0 aliphatic heterocycles. The van der Waals surface area contributed by atoms with Gasteiger partial charge < -0.3 is 10.6 Å². The van der Waals surface area contributed by atoms with Gasteiger partial charge in [-0.05, 0) is 38.5 Å². The minimum Gasteiger partial charge on any atom is -0.341 e. The predicted octanol–water partition coefficient (Wildman–Crippen LogP) is 1.51. The van der Waals surface area contributed by atoms with Gasteiger partial charge in [-0.2, -0.15) is 0 Å². The molecule has 15 heavy (non-hydrogen) atoms. The van der Waals surface area contributed by atoms with Gasteiger partial charge >= 0.3 is 0 Å². The van der Waals surface area contributed by atoms with E-state index in [4.69, 9.17) is 5.73 Å². The number of amides is 1. The molecule has 2 fully saturated rings. The molecule has 2 N–H and O–H groups in total. The molecular weight excluding hydrogens is 188 g/mol. The third-order valence-electron chi connectivity index (χ3n) is 4.16. The van der Waals surface area contributed by atoms with Crippen LogP contribution in [-0.2, 0) is 4.79 Å². The number of nitrogens with two attached hydrogens (primary N) is 1. The van der Waals surface area contributed by atoms with Crippen molar-refractivity contribution in [3.05, 3.63) is 0 Å². The normalized spacial score (nSPS) is 26.3. The maximum absolute atomic E-state index is 12.2. The zero-order valence-corrected chi connectivity index (χ0v) is 9.83. The molecule has 1 atom stereocenters. The van der Waals surface area contributed by atoms with Crippen molar-refractivity contribution >= 4 is 5.91 Å². The Hall–Kier alpha value is -0.570. The number of likely N-dealkylation sites (N-methyl/N-ethyl adjacent to an activating group) is 1. The van der Waals surface area contributed by atoms with Gasteiger partial charge in [-0.15, -0.1) is 0 Å². The van der Waals surface area contributed by atoms with Crippen molar-refractivity contribution in [2.75, 3.05) is 7.05 Å². The van der Waals surface area contributed by atoms with Gasteiger partial charge in [0.05, 0.1) is 5.54 Å². The molecule has 1 amide bonds. The van der Waals surface area contributed by atoms with E-state index in [1.165, 1.54) is 12.8 Å². The van der Waals surface area contributed by atoms with E-state index in [1.807, 2.05) is 11.9 Å². The van der Waals surface area contributed by atoms with Crippen molar-refractivity contribution in [2.45, 2.75) is 57.0 Å². The summed E-state index contributed by atoms with van der Waals surface area (Å²) in [6.45, 7) is 2.15. The van der Waals surface area contributed by atoms with Gasteiger partial charge in [0.1, 0.15) is 0 Å². The lowest BCUT2D eigenvalue weighted by Crippen LogP contribution is -2.54. The number of nitrogens with zero attached hydrogens (tertiary/aromatic N) is 1. The molecule has 0 saturated heterocycles. The molecule has 0 radical (unpaired) electrons. The van der Waals surface area contributed by atoms with Crippen LogP contribution in [-0.4, -0.2) is 29.4 Å². The van der Waals surface area contributed by atoms with E-state index in [1.54, 1.807) is 0 Å². The standard InChI is InChI=1S/C12H22N2O/c1-9(10-5-6-10)14(2)11(15)12(13)7-3-4-8-12/h9-10H,3-8,13H2,1-2H3. The van der Waals surface area contributed by atoms with Crippen LogP contribution in [0, 0.1) is 5.92 Å². The maximum Gasteiger partial charge on any atom is 0.242 e. The first kappa shape index (κ1) is 10.9. The number of carbonyl (C=O) groups is 1. The van der Waals surface area contributed by atoms with Gasteiger partial charge in [-0.25, -0.2) is 0 Å². The average Bonchev–Trinajstić information content (AvgIpc) is 2.98. The highest BCUT2D eigenvalue weighted by Gasteiger charge is 2.42. The van der Waals surface area contributed by atoms with Crippen LogP contribution in [0.2, 0.25) is 0 Å². The van der Waals surface area contributed by atoms with E-state index in [0.717, 1.165) is 31.6 Å². The lowest BCUT2D eigenvalue weighted by Gasteiger charge is -2.33. The summed E-state index contributed by atoms with van der Waals surface area (Å²) in [5.41, 5.74) is 5.63. The quantitative estimate of drug-likeness (QED) is 0.767. The first-order valence-corrected chi connectivity index (χ1v) is 6.11. The van der Waals surface area contributed by atoms with Crippen LogP contribution >= 0.6 is 0 Å². The van der Waals surface area contributed by atoms with E-state index in [0.29, 0.717) is 6.04 Å². The molecule has 0 heterocycles. The molecule has 0 spiro atoms. The molecular formula is C12H22N2O. The van der Waals surface area contributed by atoms with Gasteiger partial charge in [0.2, 0.25) is 5.91 Å². The molecule has 1 unspecified atom stereocenters. The second-order valence-corrected chi connectivity index (χ2v) is 5.36. The molecule has 0 aromatic heterocycles. The second-order valence-electron chi connectivity index (χ2n) is 5.36. The molecule has 0 aromatic rings. The number of rotatable bonds is 3. The SMILES string of the molecule is CC(C1CC1)N(C)C(=O)C1(N)CCCC1. The van der Waals surface area contributed by atoms with E-state index >= 15 is 0 Å². The second kappa shape index (κ2) is 3.78. The highest BCUT2D eigenvalue weighted by Crippen LogP contribution is 2.36. The Balaban J connectivity index is 1.99. The van der Waals surface area contributed by atoms with Gasteiger partial charge in [-0.3, -0.25) is 4.79 Å². The molecule has 2 aliphatic carbocycles. The number of hydrogen-bond acceptors (Lipinski definition) is 2. The number of carbonyl (C=O) groups excluding carboxylic acids is 1. The van der Waals surface area contributed by atoms with Crippen LogP contribution in [0.15, 0.2) is 0 Å². The minimum atomic E-state index is -0.544. The van der Waals surface area contributed by atoms with Gasteiger partial charge in [0.25, 0.3) is 0 Å². The van der Waals surface area contributed by atoms with Gasteiger partial charge in [0, 0.05) is 13.1 Å². The third kappa shape index (κ3) is 2.03. The van der Waals surface area contributed by atoms with Crippen molar-refractivity contribution in [2.24, 2.45) is 11.7 Å². The van der Waals surface area contributed by atoms with E-state index in [2.05, 4.69) is 6.92 Å². The summed E-state index contributed by atoms with van der Waals surface area (Å²) >= 11 is 0. The van der Waals surface area contributed by atoms with Crippen LogP contribution < -0.4 is 5.73 Å². The topological polar surface area (TPSA) is 46.3 Å². The van der Waals surface area contributed by atoms with Crippen LogP contribution in [0.4, 0.5) is 0 Å². The minimum absolute atomic E-state index is 0.166. The van der Waals surface area contributed by atoms with Crippen molar-refractivity contribution in [1.29, 1.82) is 0 Å². The molecule has 3 nitrogen and oxygen atoms in total. The lowest BCUT2D eigenvalue weighted by molar-refractivity contribution is -0.137. The van der Waals surface area contributed by atoms with E-state index < -0.39 is 5.54 Å². The molecule has 2 saturated carbocycles. The van der Waals surface area contributed by atoms with E-state index in [-0.39, 0.29) is 5.91 Å². The highest BCUT2D eigenvalue weighted by molar-refractivity contribution is 5.86. The van der Waals surface area contributed by atoms with Crippen LogP contribution in [0.5, 0.6) is 0 Å². The largest absolute Gasteiger partial charge is 0.341 e.